The highest BCUT2D eigenvalue weighted by Crippen LogP contribution is 2.49. The minimum atomic E-state index is -0.998. The van der Waals surface area contributed by atoms with Gasteiger partial charge in [-0.2, -0.15) is 0 Å². The normalized spacial score (nSPS) is 24.3. The first-order valence-corrected chi connectivity index (χ1v) is 10.3. The Morgan fingerprint density at radius 2 is 1.63 bits per heavy atom. The average molecular weight is 416 g/mol. The van der Waals surface area contributed by atoms with E-state index in [0.717, 1.165) is 22.7 Å². The molecule has 150 valence electrons. The van der Waals surface area contributed by atoms with Gasteiger partial charge >= 0.3 is 0 Å². The van der Waals surface area contributed by atoms with E-state index in [0.29, 0.717) is 5.11 Å². The molecule has 0 aromatic heterocycles. The predicted molar refractivity (Wildman–Crippen MR) is 121 cm³/mol. The zero-order valence-electron chi connectivity index (χ0n) is 16.4. The van der Waals surface area contributed by atoms with Gasteiger partial charge < -0.3 is 15.4 Å². The largest absolute Gasteiger partial charge is 0.467 e. The van der Waals surface area contributed by atoms with Crippen LogP contribution >= 0.6 is 12.2 Å². The van der Waals surface area contributed by atoms with Gasteiger partial charge in [0.05, 0.1) is 6.04 Å². The summed E-state index contributed by atoms with van der Waals surface area (Å²) < 4.78 is 6.54. The summed E-state index contributed by atoms with van der Waals surface area (Å²) in [6, 6.07) is 26.8. The van der Waals surface area contributed by atoms with Gasteiger partial charge in [-0.05, 0) is 49.5 Å². The minimum absolute atomic E-state index is 0.126. The van der Waals surface area contributed by atoms with Crippen LogP contribution in [0.5, 0.6) is 5.75 Å². The number of benzene rings is 3. The molecule has 1 saturated heterocycles. The summed E-state index contributed by atoms with van der Waals surface area (Å²) >= 11 is 5.74. The summed E-state index contributed by atoms with van der Waals surface area (Å²) in [5.41, 5.74) is 1.55. The summed E-state index contributed by atoms with van der Waals surface area (Å²) in [7, 11) is 0. The molecular formula is C24H21N3O2S. The second-order valence-electron chi connectivity index (χ2n) is 7.63. The topological polar surface area (TPSA) is 53.6 Å². The average Bonchev–Trinajstić information content (AvgIpc) is 2.74. The Bertz CT molecular complexity index is 1110. The van der Waals surface area contributed by atoms with E-state index in [-0.39, 0.29) is 11.9 Å². The summed E-state index contributed by atoms with van der Waals surface area (Å²) in [4.78, 5) is 15.5. The van der Waals surface area contributed by atoms with Crippen molar-refractivity contribution in [1.29, 1.82) is 0 Å². The Morgan fingerprint density at radius 1 is 1.00 bits per heavy atom. The highest BCUT2D eigenvalue weighted by Gasteiger charge is 2.59. The number of nitrogens with one attached hydrogen (secondary N) is 2. The Kier molecular flexibility index (Phi) is 4.44. The molecule has 0 radical (unpaired) electrons. The lowest BCUT2D eigenvalue weighted by atomic mass is 9.78. The van der Waals surface area contributed by atoms with Crippen molar-refractivity contribution in [2.45, 2.75) is 18.7 Å². The number of fused-ring (bicyclic) bond motifs is 4. The number of thiocarbonyl (C=S) groups is 1. The van der Waals surface area contributed by atoms with Gasteiger partial charge in [0.1, 0.15) is 11.7 Å². The molecule has 30 heavy (non-hydrogen) atoms. The smallest absolute Gasteiger partial charge is 0.236 e. The molecule has 3 aromatic carbocycles. The third-order valence-electron chi connectivity index (χ3n) is 5.75. The molecule has 2 heterocycles. The van der Waals surface area contributed by atoms with Crippen LogP contribution in [0.25, 0.3) is 0 Å². The molecule has 0 unspecified atom stereocenters. The SMILES string of the molecule is C[C@]12Oc3ccccc3[C@@H](NC(=S)N1c1ccccc1)[C@@H]2C(=O)Nc1ccccc1. The standard InChI is InChI=1S/C24H21N3O2S/c1-24-20(22(28)25-16-10-4-2-5-11-16)21(18-14-8-9-15-19(18)29-24)26-23(30)27(24)17-12-6-3-7-13-17/h2-15,20-21H,1H3,(H,25,28)(H,26,30)/t20-,21-,24-/m1/s1. The van der Waals surface area contributed by atoms with Crippen molar-refractivity contribution in [1.82, 2.24) is 5.32 Å². The fourth-order valence-corrected chi connectivity index (χ4v) is 4.85. The van der Waals surface area contributed by atoms with Gasteiger partial charge in [-0.1, -0.05) is 54.6 Å². The third-order valence-corrected chi connectivity index (χ3v) is 6.05. The van der Waals surface area contributed by atoms with E-state index in [1.54, 1.807) is 0 Å². The fourth-order valence-electron chi connectivity index (χ4n) is 4.44. The minimum Gasteiger partial charge on any atom is -0.467 e. The summed E-state index contributed by atoms with van der Waals surface area (Å²) in [6.07, 6.45) is 0. The van der Waals surface area contributed by atoms with Crippen molar-refractivity contribution in [2.75, 3.05) is 10.2 Å². The van der Waals surface area contributed by atoms with Gasteiger partial charge in [0, 0.05) is 16.9 Å². The van der Waals surface area contributed by atoms with E-state index in [1.165, 1.54) is 0 Å². The van der Waals surface area contributed by atoms with E-state index in [4.69, 9.17) is 17.0 Å². The predicted octanol–water partition coefficient (Wildman–Crippen LogP) is 4.49. The summed E-state index contributed by atoms with van der Waals surface area (Å²) in [5, 5.41) is 7.00. The van der Waals surface area contributed by atoms with E-state index >= 15 is 0 Å². The van der Waals surface area contributed by atoms with Crippen LogP contribution in [0, 0.1) is 5.92 Å². The quantitative estimate of drug-likeness (QED) is 0.618. The highest BCUT2D eigenvalue weighted by atomic mass is 32.1. The van der Waals surface area contributed by atoms with E-state index < -0.39 is 11.6 Å². The molecule has 5 rings (SSSR count). The summed E-state index contributed by atoms with van der Waals surface area (Å²) in [6.45, 7) is 1.94. The fraction of sp³-hybridized carbons (Fsp3) is 0.167. The molecule has 5 nitrogen and oxygen atoms in total. The maximum atomic E-state index is 13.6. The molecule has 2 aliphatic rings. The highest BCUT2D eigenvalue weighted by molar-refractivity contribution is 7.80. The van der Waals surface area contributed by atoms with Crippen molar-refractivity contribution in [2.24, 2.45) is 5.92 Å². The van der Waals surface area contributed by atoms with Crippen molar-refractivity contribution >= 4 is 34.6 Å². The van der Waals surface area contributed by atoms with Crippen LogP contribution < -0.4 is 20.3 Å². The van der Waals surface area contributed by atoms with Crippen molar-refractivity contribution < 1.29 is 9.53 Å². The number of carbonyl (C=O) groups excluding carboxylic acids is 1. The van der Waals surface area contributed by atoms with E-state index in [9.17, 15) is 4.79 Å². The maximum absolute atomic E-state index is 13.6. The third kappa shape index (κ3) is 2.92. The Morgan fingerprint density at radius 3 is 2.37 bits per heavy atom. The zero-order chi connectivity index (χ0) is 20.7. The molecule has 2 bridgehead atoms. The molecule has 3 aromatic rings. The number of carbonyl (C=O) groups is 1. The number of rotatable bonds is 3. The number of nitrogens with zero attached hydrogens (tertiary/aromatic N) is 1. The van der Waals surface area contributed by atoms with Crippen LogP contribution in [-0.2, 0) is 4.79 Å². The number of hydrogen-bond acceptors (Lipinski definition) is 3. The Hall–Kier alpha value is -3.38. The number of anilines is 2. The first-order valence-electron chi connectivity index (χ1n) is 9.87. The molecule has 2 aliphatic heterocycles. The molecule has 1 fully saturated rings. The molecule has 1 amide bonds. The van der Waals surface area contributed by atoms with Crippen LogP contribution in [0.4, 0.5) is 11.4 Å². The molecule has 0 saturated carbocycles. The molecule has 2 N–H and O–H groups in total. The second kappa shape index (κ2) is 7.15. The maximum Gasteiger partial charge on any atom is 0.236 e. The van der Waals surface area contributed by atoms with Gasteiger partial charge in [-0.3, -0.25) is 9.69 Å². The first-order chi connectivity index (χ1) is 14.6. The van der Waals surface area contributed by atoms with Gasteiger partial charge in [0.15, 0.2) is 10.8 Å². The number of ether oxygens (including phenoxy) is 1. The molecule has 3 atom stereocenters. The Labute approximate surface area is 180 Å². The Balaban J connectivity index is 1.63. The lowest BCUT2D eigenvalue weighted by molar-refractivity contribution is -0.130. The lowest BCUT2D eigenvalue weighted by Crippen LogP contribution is -2.72. The van der Waals surface area contributed by atoms with Gasteiger partial charge in [0.25, 0.3) is 0 Å². The summed E-state index contributed by atoms with van der Waals surface area (Å²) in [5.74, 6) is 0.0864. The van der Waals surface area contributed by atoms with Crippen molar-refractivity contribution in [3.8, 4) is 5.75 Å². The van der Waals surface area contributed by atoms with Crippen molar-refractivity contribution in [3.05, 3.63) is 90.5 Å². The lowest BCUT2D eigenvalue weighted by Gasteiger charge is -2.56. The molecule has 0 aliphatic carbocycles. The van der Waals surface area contributed by atoms with Crippen LogP contribution in [-0.4, -0.2) is 16.7 Å². The van der Waals surface area contributed by atoms with Crippen LogP contribution in [0.15, 0.2) is 84.9 Å². The van der Waals surface area contributed by atoms with E-state index in [1.807, 2.05) is 96.8 Å². The van der Waals surface area contributed by atoms with Crippen LogP contribution in [0.1, 0.15) is 18.5 Å². The number of hydrogen-bond donors (Lipinski definition) is 2. The van der Waals surface area contributed by atoms with Crippen molar-refractivity contribution in [3.63, 3.8) is 0 Å². The second-order valence-corrected chi connectivity index (χ2v) is 8.01. The zero-order valence-corrected chi connectivity index (χ0v) is 17.2. The molecule has 6 heteroatoms. The van der Waals surface area contributed by atoms with Gasteiger partial charge in [-0.25, -0.2) is 0 Å². The van der Waals surface area contributed by atoms with Gasteiger partial charge in [0.2, 0.25) is 5.91 Å². The van der Waals surface area contributed by atoms with Crippen LogP contribution in [0.3, 0.4) is 0 Å². The monoisotopic (exact) mass is 415 g/mol. The van der Waals surface area contributed by atoms with Crippen LogP contribution in [0.2, 0.25) is 0 Å². The molecular weight excluding hydrogens is 394 g/mol. The molecule has 0 spiro atoms. The number of para-hydroxylation sites is 3. The number of amides is 1. The first kappa shape index (κ1) is 18.6. The van der Waals surface area contributed by atoms with Gasteiger partial charge in [-0.15, -0.1) is 0 Å². The van der Waals surface area contributed by atoms with E-state index in [2.05, 4.69) is 10.6 Å².